The third kappa shape index (κ3) is 2.60. The lowest BCUT2D eigenvalue weighted by atomic mass is 10.1. The average Bonchev–Trinajstić information content (AvgIpc) is 2.89. The monoisotopic (exact) mass is 300 g/mol. The molecule has 6 heteroatoms. The first-order valence-corrected chi connectivity index (χ1v) is 6.86. The molecule has 1 amide bonds. The Bertz CT molecular complexity index is 799. The molecule has 0 saturated heterocycles. The lowest BCUT2D eigenvalue weighted by Gasteiger charge is -2.20. The molecule has 1 heterocycles. The Morgan fingerprint density at radius 2 is 1.90 bits per heavy atom. The number of fused-ring (bicyclic) bond motifs is 1. The quantitative estimate of drug-likeness (QED) is 0.809. The van der Waals surface area contributed by atoms with Crippen LogP contribution in [0.4, 0.5) is 0 Å². The van der Waals surface area contributed by atoms with Crippen LogP contribution in [0.15, 0.2) is 48.5 Å². The molecule has 0 fully saturated rings. The van der Waals surface area contributed by atoms with Gasteiger partial charge in [0.2, 0.25) is 5.91 Å². The predicted molar refractivity (Wildman–Crippen MR) is 80.9 cm³/mol. The summed E-state index contributed by atoms with van der Waals surface area (Å²) >= 11 is 6.26. The number of carbonyl (C=O) groups excluding carboxylic acids is 1. The van der Waals surface area contributed by atoms with Crippen LogP contribution in [0.3, 0.4) is 0 Å². The number of nitrogens with zero attached hydrogens (tertiary/aromatic N) is 3. The Balaban J connectivity index is 2.16. The van der Waals surface area contributed by atoms with E-state index in [9.17, 15) is 4.79 Å². The zero-order valence-corrected chi connectivity index (χ0v) is 12.1. The topological polar surface area (TPSA) is 59.8 Å². The molecule has 0 saturated carbocycles. The first-order chi connectivity index (χ1) is 10.2. The number of hydrogen-bond acceptors (Lipinski definition) is 3. The van der Waals surface area contributed by atoms with E-state index in [0.29, 0.717) is 5.02 Å². The Kier molecular flexibility index (Phi) is 3.58. The van der Waals surface area contributed by atoms with Gasteiger partial charge in [0, 0.05) is 17.5 Å². The van der Waals surface area contributed by atoms with Gasteiger partial charge < -0.3 is 5.32 Å². The van der Waals surface area contributed by atoms with Gasteiger partial charge in [-0.1, -0.05) is 47.1 Å². The van der Waals surface area contributed by atoms with Gasteiger partial charge in [-0.2, -0.15) is 0 Å². The van der Waals surface area contributed by atoms with Crippen LogP contribution in [-0.2, 0) is 4.79 Å². The van der Waals surface area contributed by atoms with Gasteiger partial charge in [0.15, 0.2) is 6.17 Å². The second-order valence-corrected chi connectivity index (χ2v) is 5.05. The number of carbonyl (C=O) groups is 1. The third-order valence-electron chi connectivity index (χ3n) is 3.16. The molecule has 0 aliphatic rings. The summed E-state index contributed by atoms with van der Waals surface area (Å²) in [5.41, 5.74) is 2.36. The Morgan fingerprint density at radius 3 is 2.67 bits per heavy atom. The molecule has 3 rings (SSSR count). The minimum Gasteiger partial charge on any atom is -0.331 e. The van der Waals surface area contributed by atoms with Crippen molar-refractivity contribution in [3.63, 3.8) is 0 Å². The van der Waals surface area contributed by atoms with E-state index < -0.39 is 6.17 Å². The molecule has 1 atom stereocenters. The van der Waals surface area contributed by atoms with Crippen LogP contribution < -0.4 is 5.32 Å². The van der Waals surface area contributed by atoms with Crippen molar-refractivity contribution in [1.82, 2.24) is 20.3 Å². The van der Waals surface area contributed by atoms with E-state index in [-0.39, 0.29) is 5.91 Å². The zero-order chi connectivity index (χ0) is 14.8. The zero-order valence-electron chi connectivity index (χ0n) is 11.3. The van der Waals surface area contributed by atoms with E-state index in [2.05, 4.69) is 15.6 Å². The van der Waals surface area contributed by atoms with Crippen molar-refractivity contribution in [3.05, 3.63) is 59.1 Å². The number of nitrogens with one attached hydrogen (secondary N) is 1. The number of halogens is 1. The normalized spacial score (nSPS) is 12.3. The lowest BCUT2D eigenvalue weighted by molar-refractivity contribution is -0.119. The molecule has 5 nitrogen and oxygen atoms in total. The minimum absolute atomic E-state index is 0.167. The highest BCUT2D eigenvalue weighted by Gasteiger charge is 2.20. The maximum Gasteiger partial charge on any atom is 0.218 e. The fourth-order valence-electron chi connectivity index (χ4n) is 2.24. The van der Waals surface area contributed by atoms with E-state index in [1.807, 2.05) is 42.5 Å². The smallest absolute Gasteiger partial charge is 0.218 e. The highest BCUT2D eigenvalue weighted by molar-refractivity contribution is 6.31. The van der Waals surface area contributed by atoms with Gasteiger partial charge in [-0.15, -0.1) is 5.10 Å². The summed E-state index contributed by atoms with van der Waals surface area (Å²) in [4.78, 5) is 11.6. The summed E-state index contributed by atoms with van der Waals surface area (Å²) < 4.78 is 1.66. The molecular weight excluding hydrogens is 288 g/mol. The molecular formula is C15H13ClN4O. The summed E-state index contributed by atoms with van der Waals surface area (Å²) in [5, 5.41) is 11.7. The molecule has 3 aromatic rings. The Morgan fingerprint density at radius 1 is 1.19 bits per heavy atom. The van der Waals surface area contributed by atoms with E-state index >= 15 is 0 Å². The van der Waals surface area contributed by atoms with Crippen LogP contribution in [0.1, 0.15) is 18.7 Å². The standard InChI is InChI=1S/C15H13ClN4O/c1-10(21)17-15(11-6-2-3-7-12(11)16)20-14-9-5-4-8-13(14)18-19-20/h2-9,15H,1H3,(H,17,21). The van der Waals surface area contributed by atoms with E-state index in [4.69, 9.17) is 11.6 Å². The van der Waals surface area contributed by atoms with Crippen LogP contribution in [0.25, 0.3) is 11.0 Å². The summed E-state index contributed by atoms with van der Waals surface area (Å²) in [7, 11) is 0. The molecule has 1 N–H and O–H groups in total. The minimum atomic E-state index is -0.497. The molecule has 2 aromatic carbocycles. The van der Waals surface area contributed by atoms with Crippen LogP contribution in [0.5, 0.6) is 0 Å². The number of aromatic nitrogens is 3. The van der Waals surface area contributed by atoms with Gasteiger partial charge in [0.1, 0.15) is 5.52 Å². The number of para-hydroxylation sites is 1. The first kappa shape index (κ1) is 13.6. The third-order valence-corrected chi connectivity index (χ3v) is 3.51. The van der Waals surface area contributed by atoms with Crippen molar-refractivity contribution in [3.8, 4) is 0 Å². The summed E-state index contributed by atoms with van der Waals surface area (Å²) in [6.45, 7) is 1.46. The van der Waals surface area contributed by atoms with Gasteiger partial charge in [-0.05, 0) is 18.2 Å². The van der Waals surface area contributed by atoms with Crippen molar-refractivity contribution < 1.29 is 4.79 Å². The van der Waals surface area contributed by atoms with Crippen molar-refractivity contribution in [2.75, 3.05) is 0 Å². The van der Waals surface area contributed by atoms with Crippen molar-refractivity contribution in [2.24, 2.45) is 0 Å². The number of rotatable bonds is 3. The van der Waals surface area contributed by atoms with Crippen molar-refractivity contribution >= 4 is 28.5 Å². The maximum absolute atomic E-state index is 11.6. The number of hydrogen-bond donors (Lipinski definition) is 1. The molecule has 1 unspecified atom stereocenters. The SMILES string of the molecule is CC(=O)NC(c1ccccc1Cl)n1nnc2ccccc21. The molecule has 1 aromatic heterocycles. The van der Waals surface area contributed by atoms with Gasteiger partial charge in [-0.25, -0.2) is 4.68 Å². The van der Waals surface area contributed by atoms with Gasteiger partial charge in [-0.3, -0.25) is 4.79 Å². The summed E-state index contributed by atoms with van der Waals surface area (Å²) in [5.74, 6) is -0.167. The van der Waals surface area contributed by atoms with Crippen molar-refractivity contribution in [1.29, 1.82) is 0 Å². The van der Waals surface area contributed by atoms with Gasteiger partial charge in [0.25, 0.3) is 0 Å². The Labute approximate surface area is 126 Å². The molecule has 0 bridgehead atoms. The van der Waals surface area contributed by atoms with Gasteiger partial charge >= 0.3 is 0 Å². The summed E-state index contributed by atoms with van der Waals surface area (Å²) in [6, 6.07) is 14.9. The molecule has 0 spiro atoms. The lowest BCUT2D eigenvalue weighted by Crippen LogP contribution is -2.32. The molecule has 0 aliphatic heterocycles. The van der Waals surface area contributed by atoms with Gasteiger partial charge in [0.05, 0.1) is 5.52 Å². The fraction of sp³-hybridized carbons (Fsp3) is 0.133. The highest BCUT2D eigenvalue weighted by Crippen LogP contribution is 2.26. The largest absolute Gasteiger partial charge is 0.331 e. The Hall–Kier alpha value is -2.40. The molecule has 0 radical (unpaired) electrons. The fourth-order valence-corrected chi connectivity index (χ4v) is 2.48. The second kappa shape index (κ2) is 5.54. The first-order valence-electron chi connectivity index (χ1n) is 6.48. The molecule has 0 aliphatic carbocycles. The maximum atomic E-state index is 11.6. The van der Waals surface area contributed by atoms with Crippen molar-refractivity contribution in [2.45, 2.75) is 13.1 Å². The highest BCUT2D eigenvalue weighted by atomic mass is 35.5. The van der Waals surface area contributed by atoms with Crippen LogP contribution >= 0.6 is 11.6 Å². The van der Waals surface area contributed by atoms with Crippen LogP contribution in [0, 0.1) is 0 Å². The molecule has 106 valence electrons. The van der Waals surface area contributed by atoms with E-state index in [1.165, 1.54) is 6.92 Å². The van der Waals surface area contributed by atoms with Crippen LogP contribution in [0.2, 0.25) is 5.02 Å². The number of amides is 1. The summed E-state index contributed by atoms with van der Waals surface area (Å²) in [6.07, 6.45) is -0.497. The van der Waals surface area contributed by atoms with E-state index in [1.54, 1.807) is 10.7 Å². The van der Waals surface area contributed by atoms with Crippen LogP contribution in [-0.4, -0.2) is 20.9 Å². The number of benzene rings is 2. The average molecular weight is 301 g/mol. The molecule has 21 heavy (non-hydrogen) atoms. The second-order valence-electron chi connectivity index (χ2n) is 4.65. The van der Waals surface area contributed by atoms with E-state index in [0.717, 1.165) is 16.6 Å². The predicted octanol–water partition coefficient (Wildman–Crippen LogP) is 2.77.